The molecule has 1 aliphatic carbocycles. The fourth-order valence-corrected chi connectivity index (χ4v) is 1.88. The van der Waals surface area contributed by atoms with E-state index in [9.17, 15) is 4.39 Å². The van der Waals surface area contributed by atoms with E-state index in [1.807, 2.05) is 31.2 Å². The number of rotatable bonds is 2. The minimum atomic E-state index is -1.06. The van der Waals surface area contributed by atoms with Crippen LogP contribution >= 0.6 is 0 Å². The maximum atomic E-state index is 14.0. The molecule has 1 saturated carbocycles. The molecule has 2 rings (SSSR count). The van der Waals surface area contributed by atoms with E-state index in [4.69, 9.17) is 5.73 Å². The summed E-state index contributed by atoms with van der Waals surface area (Å²) in [6.45, 7) is 1.92. The maximum absolute atomic E-state index is 14.0. The van der Waals surface area contributed by atoms with Gasteiger partial charge in [0.2, 0.25) is 0 Å². The Morgan fingerprint density at radius 2 is 2.14 bits per heavy atom. The first kappa shape index (κ1) is 9.66. The van der Waals surface area contributed by atoms with Gasteiger partial charge in [0, 0.05) is 6.04 Å². The first-order valence-corrected chi connectivity index (χ1v) is 5.17. The second kappa shape index (κ2) is 3.35. The van der Waals surface area contributed by atoms with E-state index in [-0.39, 0.29) is 6.04 Å². The van der Waals surface area contributed by atoms with Gasteiger partial charge in [0.25, 0.3) is 0 Å². The lowest BCUT2D eigenvalue weighted by atomic mass is 9.76. The molecule has 1 aliphatic rings. The Morgan fingerprint density at radius 3 is 2.64 bits per heavy atom. The van der Waals surface area contributed by atoms with Crippen molar-refractivity contribution in [2.75, 3.05) is 0 Å². The van der Waals surface area contributed by atoms with Gasteiger partial charge in [0.15, 0.2) is 0 Å². The topological polar surface area (TPSA) is 26.0 Å². The lowest BCUT2D eigenvalue weighted by Crippen LogP contribution is -2.28. The first-order chi connectivity index (χ1) is 6.62. The lowest BCUT2D eigenvalue weighted by Gasteiger charge is -2.34. The third-order valence-corrected chi connectivity index (χ3v) is 3.08. The molecule has 0 aromatic heterocycles. The van der Waals surface area contributed by atoms with E-state index in [1.54, 1.807) is 0 Å². The van der Waals surface area contributed by atoms with Crippen molar-refractivity contribution in [1.82, 2.24) is 0 Å². The lowest BCUT2D eigenvalue weighted by molar-refractivity contribution is 0.0608. The van der Waals surface area contributed by atoms with Gasteiger partial charge >= 0.3 is 0 Å². The summed E-state index contributed by atoms with van der Waals surface area (Å²) in [5.41, 5.74) is 6.52. The van der Waals surface area contributed by atoms with Crippen LogP contribution in [0, 0.1) is 0 Å². The summed E-state index contributed by atoms with van der Waals surface area (Å²) >= 11 is 0. The number of halogens is 1. The molecule has 0 aliphatic heterocycles. The van der Waals surface area contributed by atoms with Crippen LogP contribution in [0.4, 0.5) is 4.39 Å². The zero-order valence-corrected chi connectivity index (χ0v) is 8.46. The van der Waals surface area contributed by atoms with E-state index in [0.717, 1.165) is 17.5 Å². The van der Waals surface area contributed by atoms with Crippen LogP contribution < -0.4 is 5.73 Å². The van der Waals surface area contributed by atoms with Gasteiger partial charge in [0.1, 0.15) is 5.67 Å². The highest BCUT2D eigenvalue weighted by atomic mass is 19.1. The molecule has 1 nitrogen and oxygen atoms in total. The van der Waals surface area contributed by atoms with E-state index in [2.05, 4.69) is 0 Å². The molecule has 1 aromatic rings. The standard InChI is InChI=1S/C12H16FN/c1-9(14)10-4-2-5-11(8-10)12(13)6-3-7-12/h2,4-5,8-9H,3,6-7,14H2,1H3. The van der Waals surface area contributed by atoms with Crippen molar-refractivity contribution in [3.05, 3.63) is 35.4 Å². The second-order valence-corrected chi connectivity index (χ2v) is 4.23. The molecular weight excluding hydrogens is 177 g/mol. The van der Waals surface area contributed by atoms with E-state index in [1.165, 1.54) is 0 Å². The monoisotopic (exact) mass is 193 g/mol. The zero-order valence-electron chi connectivity index (χ0n) is 8.46. The van der Waals surface area contributed by atoms with Crippen molar-refractivity contribution in [2.45, 2.75) is 37.9 Å². The summed E-state index contributed by atoms with van der Waals surface area (Å²) in [5.74, 6) is 0. The van der Waals surface area contributed by atoms with Crippen molar-refractivity contribution in [3.63, 3.8) is 0 Å². The average Bonchev–Trinajstić information content (AvgIpc) is 2.14. The number of alkyl halides is 1. The summed E-state index contributed by atoms with van der Waals surface area (Å²) in [7, 11) is 0. The quantitative estimate of drug-likeness (QED) is 0.767. The number of hydrogen-bond acceptors (Lipinski definition) is 1. The zero-order chi connectivity index (χ0) is 10.2. The van der Waals surface area contributed by atoms with Crippen LogP contribution in [0.15, 0.2) is 24.3 Å². The number of benzene rings is 1. The summed E-state index contributed by atoms with van der Waals surface area (Å²) in [6, 6.07) is 7.61. The number of nitrogens with two attached hydrogens (primary N) is 1. The van der Waals surface area contributed by atoms with E-state index in [0.29, 0.717) is 12.8 Å². The predicted molar refractivity (Wildman–Crippen MR) is 55.7 cm³/mol. The molecule has 2 heteroatoms. The number of hydrogen-bond donors (Lipinski definition) is 1. The Bertz CT molecular complexity index is 329. The Morgan fingerprint density at radius 1 is 1.43 bits per heavy atom. The molecule has 1 atom stereocenters. The normalized spacial score (nSPS) is 21.4. The molecule has 0 heterocycles. The van der Waals surface area contributed by atoms with Gasteiger partial charge in [-0.3, -0.25) is 0 Å². The molecule has 0 spiro atoms. The second-order valence-electron chi connectivity index (χ2n) is 4.23. The van der Waals surface area contributed by atoms with Gasteiger partial charge in [-0.2, -0.15) is 0 Å². The predicted octanol–water partition coefficient (Wildman–Crippen LogP) is 3.06. The van der Waals surface area contributed by atoms with Crippen LogP contribution in [0.1, 0.15) is 43.4 Å². The van der Waals surface area contributed by atoms with E-state index >= 15 is 0 Å². The molecule has 1 fully saturated rings. The molecule has 0 radical (unpaired) electrons. The highest BCUT2D eigenvalue weighted by Crippen LogP contribution is 2.45. The highest BCUT2D eigenvalue weighted by Gasteiger charge is 2.38. The van der Waals surface area contributed by atoms with Crippen molar-refractivity contribution in [3.8, 4) is 0 Å². The van der Waals surface area contributed by atoms with Crippen LogP contribution in [-0.2, 0) is 5.67 Å². The van der Waals surface area contributed by atoms with Gasteiger partial charge < -0.3 is 5.73 Å². The van der Waals surface area contributed by atoms with Crippen molar-refractivity contribution in [2.24, 2.45) is 5.73 Å². The molecule has 1 unspecified atom stereocenters. The van der Waals surface area contributed by atoms with Crippen LogP contribution in [0.2, 0.25) is 0 Å². The average molecular weight is 193 g/mol. The highest BCUT2D eigenvalue weighted by molar-refractivity contribution is 5.31. The van der Waals surface area contributed by atoms with Crippen LogP contribution in [0.25, 0.3) is 0 Å². The minimum Gasteiger partial charge on any atom is -0.324 e. The van der Waals surface area contributed by atoms with Gasteiger partial charge in [-0.15, -0.1) is 0 Å². The minimum absolute atomic E-state index is 0.0152. The maximum Gasteiger partial charge on any atom is 0.136 e. The fourth-order valence-electron chi connectivity index (χ4n) is 1.88. The summed E-state index contributed by atoms with van der Waals surface area (Å²) < 4.78 is 14.0. The van der Waals surface area contributed by atoms with Crippen LogP contribution in [0.3, 0.4) is 0 Å². The Labute approximate surface area is 84.1 Å². The van der Waals surface area contributed by atoms with Crippen LogP contribution in [-0.4, -0.2) is 0 Å². The van der Waals surface area contributed by atoms with Gasteiger partial charge in [-0.1, -0.05) is 24.3 Å². The van der Waals surface area contributed by atoms with Gasteiger partial charge in [-0.05, 0) is 37.3 Å². The SMILES string of the molecule is CC(N)c1cccc(C2(F)CCC2)c1. The Kier molecular flexibility index (Phi) is 2.31. The van der Waals surface area contributed by atoms with Crippen molar-refractivity contribution in [1.29, 1.82) is 0 Å². The van der Waals surface area contributed by atoms with E-state index < -0.39 is 5.67 Å². The van der Waals surface area contributed by atoms with Crippen molar-refractivity contribution < 1.29 is 4.39 Å². The van der Waals surface area contributed by atoms with Crippen molar-refractivity contribution >= 4 is 0 Å². The molecule has 14 heavy (non-hydrogen) atoms. The van der Waals surface area contributed by atoms with Gasteiger partial charge in [-0.25, -0.2) is 4.39 Å². The summed E-state index contributed by atoms with van der Waals surface area (Å²) in [4.78, 5) is 0. The summed E-state index contributed by atoms with van der Waals surface area (Å²) in [6.07, 6.45) is 2.32. The third-order valence-electron chi connectivity index (χ3n) is 3.08. The smallest absolute Gasteiger partial charge is 0.136 e. The van der Waals surface area contributed by atoms with Gasteiger partial charge in [0.05, 0.1) is 0 Å². The molecule has 0 bridgehead atoms. The summed E-state index contributed by atoms with van der Waals surface area (Å²) in [5, 5.41) is 0. The molecule has 0 amide bonds. The third kappa shape index (κ3) is 1.55. The van der Waals surface area contributed by atoms with Crippen LogP contribution in [0.5, 0.6) is 0 Å². The molecule has 1 aromatic carbocycles. The Hall–Kier alpha value is -0.890. The molecule has 0 saturated heterocycles. The molecule has 76 valence electrons. The molecular formula is C12H16FN. The first-order valence-electron chi connectivity index (χ1n) is 5.17. The Balaban J connectivity index is 2.30. The molecule has 2 N–H and O–H groups in total. The largest absolute Gasteiger partial charge is 0.324 e. The fraction of sp³-hybridized carbons (Fsp3) is 0.500.